The van der Waals surface area contributed by atoms with Gasteiger partial charge < -0.3 is 24.8 Å². The number of benzene rings is 8. The Kier molecular flexibility index (Phi) is 15.1. The van der Waals surface area contributed by atoms with Gasteiger partial charge in [-0.15, -0.1) is 22.3 Å². The van der Waals surface area contributed by atoms with Crippen LogP contribution in [0.5, 0.6) is 0 Å². The molecule has 0 heterocycles. The standard InChI is InChI=1S/4C13H9.2ClH.2Ti/c4*1-3-7-12-10(5-1)9-11-6-2-4-8-13(11)12;;;;/h4*1-5,7-8H,9H2;2*1H;;/q4*-1;;;2*+2/p-2. The van der Waals surface area contributed by atoms with Crippen LogP contribution < -0.4 is 24.8 Å². The molecule has 0 radical (unpaired) electrons. The Balaban J connectivity index is 0.000000140. The molecule has 0 unspecified atom stereocenters. The molecule has 56 heavy (non-hydrogen) atoms. The summed E-state index contributed by atoms with van der Waals surface area (Å²) in [5, 5.41) is 0. The third-order valence-electron chi connectivity index (χ3n) is 10.5. The molecule has 0 amide bonds. The Morgan fingerprint density at radius 1 is 0.250 bits per heavy atom. The predicted octanol–water partition coefficient (Wildman–Crippen LogP) is 6.23. The van der Waals surface area contributed by atoms with Crippen molar-refractivity contribution in [2.45, 2.75) is 25.7 Å². The van der Waals surface area contributed by atoms with Gasteiger partial charge in [0.2, 0.25) is 0 Å². The maximum atomic E-state index is 3.30. The van der Waals surface area contributed by atoms with Crippen molar-refractivity contribution in [1.29, 1.82) is 0 Å². The van der Waals surface area contributed by atoms with Crippen LogP contribution in [0.4, 0.5) is 0 Å². The summed E-state index contributed by atoms with van der Waals surface area (Å²) in [5.41, 5.74) is 22.0. The van der Waals surface area contributed by atoms with Gasteiger partial charge in [0.15, 0.2) is 0 Å². The van der Waals surface area contributed by atoms with Gasteiger partial charge >= 0.3 is 43.4 Å². The van der Waals surface area contributed by atoms with Crippen LogP contribution in [0.2, 0.25) is 0 Å². The monoisotopic (exact) mass is 826 g/mol. The van der Waals surface area contributed by atoms with Crippen LogP contribution in [0.15, 0.2) is 170 Å². The molecule has 0 saturated carbocycles. The molecule has 0 aromatic heterocycles. The quantitative estimate of drug-likeness (QED) is 0.126. The molecular weight excluding hydrogens is 791 g/mol. The fraction of sp³-hybridized carbons (Fsp3) is 0.0769. The summed E-state index contributed by atoms with van der Waals surface area (Å²) in [6.45, 7) is 0. The normalized spacial score (nSPS) is 11.4. The minimum atomic E-state index is 0. The summed E-state index contributed by atoms with van der Waals surface area (Å²) in [6.07, 6.45) is 4.19. The van der Waals surface area contributed by atoms with E-state index in [-0.39, 0.29) is 68.2 Å². The fourth-order valence-corrected chi connectivity index (χ4v) is 7.99. The molecule has 12 rings (SSSR count). The summed E-state index contributed by atoms with van der Waals surface area (Å²) in [7, 11) is 0. The average molecular weight is 827 g/mol. The number of hydrogen-bond donors (Lipinski definition) is 0. The first-order valence-corrected chi connectivity index (χ1v) is 18.1. The SMILES string of the molecule is [Cl-].[Cl-].[Ti+2].[Ti+2].[c-]1cccc2c1Cc1ccccc1-2.[c-]1cccc2c1Cc1ccccc1-2.[c-]1cccc2c1Cc1ccccc1-2.[c-]1cccc2c1Cc1ccccc1-2. The van der Waals surface area contributed by atoms with E-state index in [1.807, 2.05) is 24.3 Å². The van der Waals surface area contributed by atoms with Crippen LogP contribution in [0.1, 0.15) is 44.5 Å². The van der Waals surface area contributed by atoms with Gasteiger partial charge in [-0.1, -0.05) is 142 Å². The summed E-state index contributed by atoms with van der Waals surface area (Å²) in [6, 6.07) is 72.4. The van der Waals surface area contributed by atoms with Crippen LogP contribution in [0, 0.1) is 24.3 Å². The van der Waals surface area contributed by atoms with Crippen molar-refractivity contribution in [3.63, 3.8) is 0 Å². The van der Waals surface area contributed by atoms with Crippen molar-refractivity contribution in [2.24, 2.45) is 0 Å². The van der Waals surface area contributed by atoms with Gasteiger partial charge in [0.1, 0.15) is 0 Å². The minimum Gasteiger partial charge on any atom is -1.00 e. The van der Waals surface area contributed by atoms with Crippen LogP contribution in [-0.2, 0) is 69.1 Å². The molecule has 0 bridgehead atoms. The zero-order chi connectivity index (χ0) is 34.7. The molecule has 0 nitrogen and oxygen atoms in total. The van der Waals surface area contributed by atoms with Crippen molar-refractivity contribution < 1.29 is 68.2 Å². The topological polar surface area (TPSA) is 0 Å². The first-order valence-electron chi connectivity index (χ1n) is 18.1. The van der Waals surface area contributed by atoms with E-state index in [0.29, 0.717) is 0 Å². The average Bonchev–Trinajstić information content (AvgIpc) is 3.98. The maximum absolute atomic E-state index is 3.30. The van der Waals surface area contributed by atoms with Gasteiger partial charge in [-0.3, -0.25) is 0 Å². The van der Waals surface area contributed by atoms with Gasteiger partial charge in [0, 0.05) is 0 Å². The van der Waals surface area contributed by atoms with E-state index in [1.165, 1.54) is 89.0 Å². The molecule has 4 aliphatic rings. The van der Waals surface area contributed by atoms with Crippen molar-refractivity contribution in [3.8, 4) is 44.5 Å². The van der Waals surface area contributed by atoms with Gasteiger partial charge in [0.05, 0.1) is 0 Å². The predicted molar refractivity (Wildman–Crippen MR) is 214 cm³/mol. The second kappa shape index (κ2) is 19.8. The Bertz CT molecular complexity index is 2030. The summed E-state index contributed by atoms with van der Waals surface area (Å²) in [4.78, 5) is 0. The van der Waals surface area contributed by atoms with Gasteiger partial charge in [-0.05, 0) is 25.7 Å². The van der Waals surface area contributed by atoms with Crippen LogP contribution >= 0.6 is 0 Å². The van der Waals surface area contributed by atoms with Gasteiger partial charge in [-0.2, -0.15) is 119 Å². The molecule has 0 aliphatic heterocycles. The van der Waals surface area contributed by atoms with E-state index < -0.39 is 0 Å². The number of fused-ring (bicyclic) bond motifs is 12. The van der Waals surface area contributed by atoms with E-state index >= 15 is 0 Å². The fourth-order valence-electron chi connectivity index (χ4n) is 7.99. The van der Waals surface area contributed by atoms with E-state index in [0.717, 1.165) is 25.7 Å². The molecule has 8 aromatic carbocycles. The summed E-state index contributed by atoms with van der Waals surface area (Å²) >= 11 is 0. The molecule has 0 saturated heterocycles. The summed E-state index contributed by atoms with van der Waals surface area (Å²) < 4.78 is 0. The van der Waals surface area contributed by atoms with E-state index in [4.69, 9.17) is 0 Å². The van der Waals surface area contributed by atoms with Crippen molar-refractivity contribution in [2.75, 3.05) is 0 Å². The summed E-state index contributed by atoms with van der Waals surface area (Å²) in [5.74, 6) is 0. The Labute approximate surface area is 374 Å². The molecule has 8 aromatic rings. The van der Waals surface area contributed by atoms with Crippen molar-refractivity contribution >= 4 is 0 Å². The number of hydrogen-bond acceptors (Lipinski definition) is 0. The van der Waals surface area contributed by atoms with E-state index in [2.05, 4.69) is 170 Å². The van der Waals surface area contributed by atoms with Crippen LogP contribution in [-0.4, -0.2) is 0 Å². The van der Waals surface area contributed by atoms with E-state index in [9.17, 15) is 0 Å². The van der Waals surface area contributed by atoms with Crippen molar-refractivity contribution in [1.82, 2.24) is 0 Å². The molecule has 0 N–H and O–H groups in total. The second-order valence-corrected chi connectivity index (χ2v) is 13.6. The molecule has 0 spiro atoms. The Morgan fingerprint density at radius 2 is 0.446 bits per heavy atom. The number of rotatable bonds is 0. The first-order chi connectivity index (χ1) is 25.8. The van der Waals surface area contributed by atoms with Crippen LogP contribution in [0.25, 0.3) is 44.5 Å². The molecule has 4 aliphatic carbocycles. The molecule has 268 valence electrons. The smallest absolute Gasteiger partial charge is 1.00 e. The zero-order valence-electron chi connectivity index (χ0n) is 30.8. The zero-order valence-corrected chi connectivity index (χ0v) is 35.4. The maximum Gasteiger partial charge on any atom is 2.00 e. The third kappa shape index (κ3) is 8.83. The number of halogens is 2. The largest absolute Gasteiger partial charge is 2.00 e. The first kappa shape index (κ1) is 42.9. The van der Waals surface area contributed by atoms with Gasteiger partial charge in [0.25, 0.3) is 0 Å². The minimum absolute atomic E-state index is 0. The molecule has 4 heteroatoms. The van der Waals surface area contributed by atoms with Gasteiger partial charge in [-0.25, -0.2) is 0 Å². The van der Waals surface area contributed by atoms with Crippen LogP contribution in [0.3, 0.4) is 0 Å². The van der Waals surface area contributed by atoms with Crippen molar-refractivity contribution in [3.05, 3.63) is 239 Å². The molecule has 0 atom stereocenters. The van der Waals surface area contributed by atoms with E-state index in [1.54, 1.807) is 0 Å². The Hall–Kier alpha value is -4.23. The third-order valence-corrected chi connectivity index (χ3v) is 10.5. The Morgan fingerprint density at radius 3 is 0.679 bits per heavy atom. The second-order valence-electron chi connectivity index (χ2n) is 13.6. The molecular formula is C52H36Cl2Ti2-2. The molecule has 0 fully saturated rings.